The molecule has 0 radical (unpaired) electrons. The van der Waals surface area contributed by atoms with E-state index in [1.807, 2.05) is 23.9 Å². The highest BCUT2D eigenvalue weighted by atomic mass is 32.2. The van der Waals surface area contributed by atoms with Crippen LogP contribution in [0.5, 0.6) is 0 Å². The summed E-state index contributed by atoms with van der Waals surface area (Å²) in [5, 5.41) is 3.08. The highest BCUT2D eigenvalue weighted by Gasteiger charge is 2.15. The van der Waals surface area contributed by atoms with Gasteiger partial charge in [0.2, 0.25) is 5.91 Å². The lowest BCUT2D eigenvalue weighted by Crippen LogP contribution is -2.38. The summed E-state index contributed by atoms with van der Waals surface area (Å²) < 4.78 is 0. The Bertz CT molecular complexity index is 770. The van der Waals surface area contributed by atoms with Crippen LogP contribution in [-0.4, -0.2) is 48.0 Å². The van der Waals surface area contributed by atoms with E-state index in [1.54, 1.807) is 0 Å². The zero-order chi connectivity index (χ0) is 19.9. The Kier molecular flexibility index (Phi) is 7.40. The average Bonchev–Trinajstić information content (AvgIpc) is 2.68. The number of carbonyl (C=O) groups is 1. The first kappa shape index (κ1) is 20.7. The van der Waals surface area contributed by atoms with Crippen molar-refractivity contribution in [1.82, 2.24) is 4.90 Å². The van der Waals surface area contributed by atoms with Gasteiger partial charge >= 0.3 is 0 Å². The van der Waals surface area contributed by atoms with Gasteiger partial charge in [-0.2, -0.15) is 11.8 Å². The lowest BCUT2D eigenvalue weighted by atomic mass is 10.1. The fourth-order valence-electron chi connectivity index (χ4n) is 3.43. The molecule has 4 nitrogen and oxygen atoms in total. The molecule has 1 heterocycles. The maximum atomic E-state index is 12.7. The van der Waals surface area contributed by atoms with E-state index in [2.05, 4.69) is 72.3 Å². The molecule has 0 atom stereocenters. The van der Waals surface area contributed by atoms with E-state index in [9.17, 15) is 4.79 Å². The van der Waals surface area contributed by atoms with Crippen LogP contribution in [0.4, 0.5) is 11.4 Å². The van der Waals surface area contributed by atoms with Gasteiger partial charge in [0.15, 0.2) is 0 Å². The van der Waals surface area contributed by atoms with Crippen LogP contribution in [0.1, 0.15) is 25.0 Å². The average molecular weight is 398 g/mol. The van der Waals surface area contributed by atoms with Crippen molar-refractivity contribution in [3.05, 3.63) is 59.7 Å². The number of benzene rings is 2. The van der Waals surface area contributed by atoms with Crippen LogP contribution in [0.3, 0.4) is 0 Å². The van der Waals surface area contributed by atoms with Gasteiger partial charge in [0.1, 0.15) is 0 Å². The van der Waals surface area contributed by atoms with Gasteiger partial charge in [0.05, 0.1) is 6.54 Å². The zero-order valence-corrected chi connectivity index (χ0v) is 18.0. The SMILES string of the molecule is Cc1ccc(N(CC(=O)Nc2cccc(CN3CCSCC3)c2)C(C)C)cc1. The quantitative estimate of drug-likeness (QED) is 0.751. The van der Waals surface area contributed by atoms with Gasteiger partial charge in [-0.15, -0.1) is 0 Å². The van der Waals surface area contributed by atoms with Gasteiger partial charge in [-0.3, -0.25) is 9.69 Å². The number of amides is 1. The first-order valence-corrected chi connectivity index (χ1v) is 11.2. The van der Waals surface area contributed by atoms with E-state index >= 15 is 0 Å². The predicted molar refractivity (Wildman–Crippen MR) is 121 cm³/mol. The first-order chi connectivity index (χ1) is 13.5. The highest BCUT2D eigenvalue weighted by molar-refractivity contribution is 7.99. The minimum absolute atomic E-state index is 0.0146. The van der Waals surface area contributed by atoms with Gasteiger partial charge in [0.25, 0.3) is 0 Å². The highest BCUT2D eigenvalue weighted by Crippen LogP contribution is 2.19. The molecule has 0 saturated carbocycles. The summed E-state index contributed by atoms with van der Waals surface area (Å²) in [5.41, 5.74) is 4.43. The molecule has 0 aromatic heterocycles. The molecule has 1 N–H and O–H groups in total. The molecule has 2 aromatic rings. The lowest BCUT2D eigenvalue weighted by molar-refractivity contribution is -0.115. The van der Waals surface area contributed by atoms with Crippen LogP contribution < -0.4 is 10.2 Å². The molecule has 0 bridgehead atoms. The van der Waals surface area contributed by atoms with E-state index in [0.717, 1.165) is 31.0 Å². The summed E-state index contributed by atoms with van der Waals surface area (Å²) in [4.78, 5) is 17.3. The van der Waals surface area contributed by atoms with Crippen LogP contribution in [0.2, 0.25) is 0 Å². The van der Waals surface area contributed by atoms with Crippen LogP contribution in [0.25, 0.3) is 0 Å². The summed E-state index contributed by atoms with van der Waals surface area (Å²) in [6.07, 6.45) is 0. The van der Waals surface area contributed by atoms with Crippen LogP contribution >= 0.6 is 11.8 Å². The standard InChI is InChI=1S/C23H31N3OS/c1-18(2)26(22-9-7-19(3)8-10-22)17-23(27)24-21-6-4-5-20(15-21)16-25-11-13-28-14-12-25/h4-10,15,18H,11-14,16-17H2,1-3H3,(H,24,27). The van der Waals surface area contributed by atoms with Gasteiger partial charge in [0, 0.05) is 48.6 Å². The summed E-state index contributed by atoms with van der Waals surface area (Å²) in [5.74, 6) is 2.43. The normalized spacial score (nSPS) is 14.9. The second-order valence-electron chi connectivity index (χ2n) is 7.69. The summed E-state index contributed by atoms with van der Waals surface area (Å²) in [6, 6.07) is 16.8. The maximum Gasteiger partial charge on any atom is 0.243 e. The molecule has 1 amide bonds. The minimum atomic E-state index is 0.0146. The molecule has 1 fully saturated rings. The van der Waals surface area contributed by atoms with E-state index in [1.165, 1.54) is 22.6 Å². The van der Waals surface area contributed by atoms with E-state index in [4.69, 9.17) is 0 Å². The molecule has 1 aliphatic rings. The fraction of sp³-hybridized carbons (Fsp3) is 0.435. The molecular weight excluding hydrogens is 366 g/mol. The number of anilines is 2. The number of hydrogen-bond donors (Lipinski definition) is 1. The Balaban J connectivity index is 1.61. The largest absolute Gasteiger partial charge is 0.360 e. The minimum Gasteiger partial charge on any atom is -0.360 e. The molecule has 28 heavy (non-hydrogen) atoms. The number of aryl methyl sites for hydroxylation is 1. The van der Waals surface area contributed by atoms with Crippen molar-refractivity contribution in [2.24, 2.45) is 0 Å². The number of nitrogens with one attached hydrogen (secondary N) is 1. The van der Waals surface area contributed by atoms with Crippen LogP contribution in [-0.2, 0) is 11.3 Å². The van der Waals surface area contributed by atoms with E-state index < -0.39 is 0 Å². The Labute approximate surface area is 173 Å². The smallest absolute Gasteiger partial charge is 0.243 e. The molecule has 5 heteroatoms. The Morgan fingerprint density at radius 3 is 2.54 bits per heavy atom. The lowest BCUT2D eigenvalue weighted by Gasteiger charge is -2.28. The summed E-state index contributed by atoms with van der Waals surface area (Å²) in [6.45, 7) is 9.88. The first-order valence-electron chi connectivity index (χ1n) is 10.0. The maximum absolute atomic E-state index is 12.7. The van der Waals surface area contributed by atoms with Gasteiger partial charge in [-0.25, -0.2) is 0 Å². The molecule has 2 aromatic carbocycles. The van der Waals surface area contributed by atoms with Crippen molar-refractivity contribution in [3.8, 4) is 0 Å². The monoisotopic (exact) mass is 397 g/mol. The fourth-order valence-corrected chi connectivity index (χ4v) is 4.41. The van der Waals surface area contributed by atoms with Crippen LogP contribution in [0, 0.1) is 6.92 Å². The van der Waals surface area contributed by atoms with Crippen LogP contribution in [0.15, 0.2) is 48.5 Å². The molecule has 3 rings (SSSR count). The zero-order valence-electron chi connectivity index (χ0n) is 17.1. The van der Waals surface area contributed by atoms with Crippen molar-refractivity contribution >= 4 is 29.0 Å². The van der Waals surface area contributed by atoms with Crippen molar-refractivity contribution < 1.29 is 4.79 Å². The third-order valence-corrected chi connectivity index (χ3v) is 5.97. The Morgan fingerprint density at radius 1 is 1.14 bits per heavy atom. The molecule has 1 saturated heterocycles. The summed E-state index contributed by atoms with van der Waals surface area (Å²) in [7, 11) is 0. The molecule has 150 valence electrons. The molecule has 0 unspecified atom stereocenters. The topological polar surface area (TPSA) is 35.6 Å². The third-order valence-electron chi connectivity index (χ3n) is 5.02. The molecule has 0 spiro atoms. The van der Waals surface area contributed by atoms with Crippen molar-refractivity contribution in [2.75, 3.05) is 41.4 Å². The number of thioether (sulfide) groups is 1. The molecule has 0 aliphatic carbocycles. The van der Waals surface area contributed by atoms with Gasteiger partial charge < -0.3 is 10.2 Å². The summed E-state index contributed by atoms with van der Waals surface area (Å²) >= 11 is 2.02. The number of carbonyl (C=O) groups excluding carboxylic acids is 1. The van der Waals surface area contributed by atoms with Crippen molar-refractivity contribution in [3.63, 3.8) is 0 Å². The van der Waals surface area contributed by atoms with Crippen molar-refractivity contribution in [2.45, 2.75) is 33.4 Å². The molecular formula is C23H31N3OS. The second kappa shape index (κ2) is 9.99. The number of nitrogens with zero attached hydrogens (tertiary/aromatic N) is 2. The number of rotatable bonds is 7. The van der Waals surface area contributed by atoms with Crippen molar-refractivity contribution in [1.29, 1.82) is 0 Å². The van der Waals surface area contributed by atoms with Gasteiger partial charge in [-0.05, 0) is 50.6 Å². The Hall–Kier alpha value is -1.98. The number of hydrogen-bond acceptors (Lipinski definition) is 4. The molecule has 1 aliphatic heterocycles. The Morgan fingerprint density at radius 2 is 1.86 bits per heavy atom. The van der Waals surface area contributed by atoms with E-state index in [-0.39, 0.29) is 11.9 Å². The predicted octanol–water partition coefficient (Wildman–Crippen LogP) is 4.40. The second-order valence-corrected chi connectivity index (χ2v) is 8.92. The third kappa shape index (κ3) is 6.01. The van der Waals surface area contributed by atoms with E-state index in [0.29, 0.717) is 6.54 Å². The van der Waals surface area contributed by atoms with Gasteiger partial charge in [-0.1, -0.05) is 29.8 Å².